The van der Waals surface area contributed by atoms with Crippen LogP contribution < -0.4 is 0 Å². The molecule has 0 fully saturated rings. The van der Waals surface area contributed by atoms with Gasteiger partial charge in [-0.3, -0.25) is 0 Å². The molecule has 2 aromatic carbocycles. The molecule has 0 saturated carbocycles. The van der Waals surface area contributed by atoms with Gasteiger partial charge in [0.2, 0.25) is 0 Å². The van der Waals surface area contributed by atoms with Crippen LogP contribution in [0.15, 0.2) is 66.7 Å². The summed E-state index contributed by atoms with van der Waals surface area (Å²) in [5.41, 5.74) is 4.41. The maximum atomic E-state index is 5.93. The van der Waals surface area contributed by atoms with Crippen molar-refractivity contribution in [3.63, 3.8) is 0 Å². The van der Waals surface area contributed by atoms with E-state index in [0.717, 1.165) is 11.1 Å². The third-order valence-electron chi connectivity index (χ3n) is 3.09. The lowest BCUT2D eigenvalue weighted by molar-refractivity contribution is 1.33. The molecule has 0 N–H and O–H groups in total. The Balaban J connectivity index is 1.97. The number of halogens is 2. The fraction of sp³-hybridized carbons (Fsp3) is 0. The molecular weight excluding hydrogens is 289 g/mol. The number of aromatic nitrogens is 1. The van der Waals surface area contributed by atoms with Crippen LogP contribution in [0.3, 0.4) is 0 Å². The van der Waals surface area contributed by atoms with Gasteiger partial charge in [0, 0.05) is 0 Å². The van der Waals surface area contributed by atoms with Crippen molar-refractivity contribution in [3.05, 3.63) is 77.0 Å². The van der Waals surface area contributed by atoms with E-state index >= 15 is 0 Å². The maximum Gasteiger partial charge on any atom is 0.131 e. The summed E-state index contributed by atoms with van der Waals surface area (Å²) in [6, 6.07) is 22.2. The first-order chi connectivity index (χ1) is 9.72. The summed E-state index contributed by atoms with van der Waals surface area (Å²) >= 11 is 11.9. The number of nitrogens with zero attached hydrogens (tertiary/aromatic N) is 1. The number of hydrogen-bond acceptors (Lipinski definition) is 1. The Hall–Kier alpha value is -1.83. The molecule has 0 spiro atoms. The highest BCUT2D eigenvalue weighted by atomic mass is 35.5. The second-order valence-corrected chi connectivity index (χ2v) is 5.22. The van der Waals surface area contributed by atoms with Crippen molar-refractivity contribution < 1.29 is 0 Å². The van der Waals surface area contributed by atoms with Crippen molar-refractivity contribution in [2.24, 2.45) is 0 Å². The molecule has 3 rings (SSSR count). The average Bonchev–Trinajstić information content (AvgIpc) is 2.47. The van der Waals surface area contributed by atoms with Crippen LogP contribution in [0.4, 0.5) is 0 Å². The minimum atomic E-state index is 0.402. The molecule has 3 aromatic rings. The molecule has 0 atom stereocenters. The average molecular weight is 300 g/mol. The lowest BCUT2D eigenvalue weighted by Crippen LogP contribution is -1.83. The van der Waals surface area contributed by atoms with Gasteiger partial charge in [-0.15, -0.1) is 0 Å². The Morgan fingerprint density at radius 2 is 1.00 bits per heavy atom. The Bertz CT molecular complexity index is 701. The van der Waals surface area contributed by atoms with Gasteiger partial charge in [0.25, 0.3) is 0 Å². The Labute approximate surface area is 127 Å². The monoisotopic (exact) mass is 299 g/mol. The molecule has 0 aliphatic carbocycles. The van der Waals surface area contributed by atoms with E-state index in [2.05, 4.69) is 41.4 Å². The predicted octanol–water partition coefficient (Wildman–Crippen LogP) is 5.72. The van der Waals surface area contributed by atoms with Gasteiger partial charge in [-0.25, -0.2) is 4.98 Å². The van der Waals surface area contributed by atoms with E-state index in [-0.39, 0.29) is 0 Å². The van der Waals surface area contributed by atoms with Gasteiger partial charge >= 0.3 is 0 Å². The smallest absolute Gasteiger partial charge is 0.131 e. The van der Waals surface area contributed by atoms with Crippen LogP contribution in [0.2, 0.25) is 10.3 Å². The van der Waals surface area contributed by atoms with Crippen LogP contribution in [0.5, 0.6) is 0 Å². The van der Waals surface area contributed by atoms with Crippen LogP contribution in [-0.4, -0.2) is 4.98 Å². The minimum absolute atomic E-state index is 0.402. The second-order valence-electron chi connectivity index (χ2n) is 4.44. The number of benzene rings is 2. The van der Waals surface area contributed by atoms with Crippen LogP contribution in [0.1, 0.15) is 0 Å². The predicted molar refractivity (Wildman–Crippen MR) is 85.1 cm³/mol. The second kappa shape index (κ2) is 5.66. The highest BCUT2D eigenvalue weighted by Crippen LogP contribution is 2.27. The van der Waals surface area contributed by atoms with E-state index in [1.165, 1.54) is 11.1 Å². The first-order valence-corrected chi connectivity index (χ1v) is 6.97. The number of hydrogen-bond donors (Lipinski definition) is 0. The van der Waals surface area contributed by atoms with Crippen molar-refractivity contribution in [2.45, 2.75) is 0 Å². The largest absolute Gasteiger partial charge is 0.224 e. The summed E-state index contributed by atoms with van der Waals surface area (Å²) < 4.78 is 0. The van der Waals surface area contributed by atoms with Gasteiger partial charge in [0.05, 0.1) is 0 Å². The lowest BCUT2D eigenvalue weighted by Gasteiger charge is -2.05. The zero-order valence-electron chi connectivity index (χ0n) is 10.6. The van der Waals surface area contributed by atoms with Crippen LogP contribution in [-0.2, 0) is 0 Å². The fourth-order valence-corrected chi connectivity index (χ4v) is 2.58. The lowest BCUT2D eigenvalue weighted by atomic mass is 10.0. The van der Waals surface area contributed by atoms with E-state index in [4.69, 9.17) is 23.2 Å². The molecule has 0 aliphatic rings. The summed E-state index contributed by atoms with van der Waals surface area (Å²) in [4.78, 5) is 3.96. The molecule has 3 heteroatoms. The third-order valence-corrected chi connectivity index (χ3v) is 3.48. The normalized spacial score (nSPS) is 10.5. The third kappa shape index (κ3) is 2.84. The van der Waals surface area contributed by atoms with E-state index in [1.54, 1.807) is 0 Å². The molecule has 0 amide bonds. The molecule has 0 radical (unpaired) electrons. The molecular formula is C17H11Cl2N. The van der Waals surface area contributed by atoms with Gasteiger partial charge in [-0.2, -0.15) is 0 Å². The molecule has 0 bridgehead atoms. The highest BCUT2D eigenvalue weighted by Gasteiger charge is 2.03. The standard InChI is InChI=1S/C17H11Cl2N/c18-16-10-15(11-17(19)20-16)14-8-6-13(7-9-14)12-4-2-1-3-5-12/h1-11H. The van der Waals surface area contributed by atoms with Gasteiger partial charge in [-0.1, -0.05) is 77.8 Å². The van der Waals surface area contributed by atoms with Gasteiger partial charge in [0.1, 0.15) is 10.3 Å². The fourth-order valence-electron chi connectivity index (χ4n) is 2.12. The highest BCUT2D eigenvalue weighted by molar-refractivity contribution is 6.32. The molecule has 1 nitrogen and oxygen atoms in total. The summed E-state index contributed by atoms with van der Waals surface area (Å²) in [5, 5.41) is 0.805. The zero-order chi connectivity index (χ0) is 13.9. The maximum absolute atomic E-state index is 5.93. The Kier molecular flexibility index (Phi) is 3.72. The van der Waals surface area contributed by atoms with Crippen molar-refractivity contribution in [1.82, 2.24) is 4.98 Å². The summed E-state index contributed by atoms with van der Waals surface area (Å²) in [6.45, 7) is 0. The van der Waals surface area contributed by atoms with Crippen molar-refractivity contribution in [3.8, 4) is 22.3 Å². The molecule has 98 valence electrons. The van der Waals surface area contributed by atoms with E-state index < -0.39 is 0 Å². The zero-order valence-corrected chi connectivity index (χ0v) is 12.1. The SMILES string of the molecule is Clc1cc(-c2ccc(-c3ccccc3)cc2)cc(Cl)n1. The van der Waals surface area contributed by atoms with E-state index in [9.17, 15) is 0 Å². The molecule has 0 saturated heterocycles. The summed E-state index contributed by atoms with van der Waals surface area (Å²) in [5.74, 6) is 0. The Morgan fingerprint density at radius 3 is 1.55 bits per heavy atom. The van der Waals surface area contributed by atoms with E-state index in [0.29, 0.717) is 10.3 Å². The Morgan fingerprint density at radius 1 is 0.550 bits per heavy atom. The minimum Gasteiger partial charge on any atom is -0.224 e. The van der Waals surface area contributed by atoms with Gasteiger partial charge in [-0.05, 0) is 34.4 Å². The summed E-state index contributed by atoms with van der Waals surface area (Å²) in [6.07, 6.45) is 0. The van der Waals surface area contributed by atoms with Crippen LogP contribution in [0.25, 0.3) is 22.3 Å². The van der Waals surface area contributed by atoms with Gasteiger partial charge in [0.15, 0.2) is 0 Å². The van der Waals surface area contributed by atoms with Crippen molar-refractivity contribution in [1.29, 1.82) is 0 Å². The molecule has 0 aliphatic heterocycles. The molecule has 0 unspecified atom stereocenters. The van der Waals surface area contributed by atoms with Crippen LogP contribution >= 0.6 is 23.2 Å². The van der Waals surface area contributed by atoms with E-state index in [1.807, 2.05) is 30.3 Å². The van der Waals surface area contributed by atoms with Crippen molar-refractivity contribution >= 4 is 23.2 Å². The van der Waals surface area contributed by atoms with Gasteiger partial charge < -0.3 is 0 Å². The molecule has 1 aromatic heterocycles. The molecule has 20 heavy (non-hydrogen) atoms. The molecule has 1 heterocycles. The van der Waals surface area contributed by atoms with Crippen molar-refractivity contribution in [2.75, 3.05) is 0 Å². The first-order valence-electron chi connectivity index (χ1n) is 6.21. The summed E-state index contributed by atoms with van der Waals surface area (Å²) in [7, 11) is 0. The number of pyridine rings is 1. The number of rotatable bonds is 2. The van der Waals surface area contributed by atoms with Crippen LogP contribution in [0, 0.1) is 0 Å². The topological polar surface area (TPSA) is 12.9 Å². The first kappa shape index (κ1) is 13.2. The quantitative estimate of drug-likeness (QED) is 0.551.